The fraction of sp³-hybridized carbons (Fsp3) is 0.545. The van der Waals surface area contributed by atoms with Crippen LogP contribution in [0.4, 0.5) is 5.82 Å². The van der Waals surface area contributed by atoms with Crippen LogP contribution in [0.25, 0.3) is 5.78 Å². The van der Waals surface area contributed by atoms with E-state index in [4.69, 9.17) is 11.6 Å². The van der Waals surface area contributed by atoms with Gasteiger partial charge in [0, 0.05) is 17.6 Å². The highest BCUT2D eigenvalue weighted by Crippen LogP contribution is 2.22. The Morgan fingerprint density at radius 1 is 1.43 bits per heavy atom. The quantitative estimate of drug-likeness (QED) is 0.786. The number of aromatic nitrogens is 4. The standard InChI is InChI=1S/C11H17ClN6O2S/c1-7-8(12)16-10-14-6-15-18(10)9(7)13-5-11(2,3)17-21(4,19)20/h6,13,17H,5H2,1-4H3. The molecule has 0 amide bonds. The van der Waals surface area contributed by atoms with Crippen LogP contribution in [0.2, 0.25) is 5.15 Å². The number of nitrogens with one attached hydrogen (secondary N) is 2. The summed E-state index contributed by atoms with van der Waals surface area (Å²) in [6, 6.07) is 0. The van der Waals surface area contributed by atoms with Crippen LogP contribution >= 0.6 is 11.6 Å². The Kier molecular flexibility index (Phi) is 4.09. The van der Waals surface area contributed by atoms with Gasteiger partial charge in [-0.25, -0.2) is 13.1 Å². The molecule has 0 aromatic carbocycles. The molecule has 2 aromatic heterocycles. The largest absolute Gasteiger partial charge is 0.368 e. The molecule has 0 fully saturated rings. The number of hydrogen-bond acceptors (Lipinski definition) is 6. The van der Waals surface area contributed by atoms with Gasteiger partial charge in [0.15, 0.2) is 0 Å². The molecular formula is C11H17ClN6O2S. The predicted octanol–water partition coefficient (Wildman–Crippen LogP) is 0.826. The van der Waals surface area contributed by atoms with E-state index >= 15 is 0 Å². The molecule has 8 nitrogen and oxygen atoms in total. The summed E-state index contributed by atoms with van der Waals surface area (Å²) >= 11 is 6.06. The Morgan fingerprint density at radius 2 is 2.10 bits per heavy atom. The van der Waals surface area contributed by atoms with Gasteiger partial charge in [0.05, 0.1) is 6.26 Å². The molecule has 0 saturated heterocycles. The van der Waals surface area contributed by atoms with E-state index in [9.17, 15) is 8.42 Å². The second kappa shape index (κ2) is 5.39. The average molecular weight is 333 g/mol. The second-order valence-corrected chi connectivity index (χ2v) is 7.57. The number of halogens is 1. The fourth-order valence-electron chi connectivity index (χ4n) is 1.95. The first-order valence-electron chi connectivity index (χ1n) is 6.18. The van der Waals surface area contributed by atoms with Crippen molar-refractivity contribution in [3.05, 3.63) is 17.0 Å². The number of anilines is 1. The van der Waals surface area contributed by atoms with Gasteiger partial charge in [0.1, 0.15) is 17.3 Å². The number of rotatable bonds is 5. The van der Waals surface area contributed by atoms with E-state index in [2.05, 4.69) is 25.1 Å². The van der Waals surface area contributed by atoms with Crippen molar-refractivity contribution in [3.63, 3.8) is 0 Å². The molecule has 2 rings (SSSR count). The maximum atomic E-state index is 11.4. The maximum absolute atomic E-state index is 11.4. The first-order valence-corrected chi connectivity index (χ1v) is 8.45. The van der Waals surface area contributed by atoms with Crippen molar-refractivity contribution in [2.45, 2.75) is 26.3 Å². The minimum Gasteiger partial charge on any atom is -0.368 e. The second-order valence-electron chi connectivity index (χ2n) is 5.46. The highest BCUT2D eigenvalue weighted by Gasteiger charge is 2.23. The van der Waals surface area contributed by atoms with Crippen molar-refractivity contribution < 1.29 is 8.42 Å². The Hall–Kier alpha value is -1.45. The van der Waals surface area contributed by atoms with Crippen molar-refractivity contribution in [2.75, 3.05) is 18.1 Å². The summed E-state index contributed by atoms with van der Waals surface area (Å²) in [4.78, 5) is 8.09. The molecule has 0 aliphatic carbocycles. The number of nitrogens with zero attached hydrogens (tertiary/aromatic N) is 4. The molecule has 0 saturated carbocycles. The van der Waals surface area contributed by atoms with E-state index in [0.29, 0.717) is 28.9 Å². The first kappa shape index (κ1) is 15.9. The monoisotopic (exact) mass is 332 g/mol. The van der Waals surface area contributed by atoms with Crippen LogP contribution in [-0.4, -0.2) is 46.3 Å². The summed E-state index contributed by atoms with van der Waals surface area (Å²) in [5.41, 5.74) is 0.0349. The molecule has 0 atom stereocenters. The van der Waals surface area contributed by atoms with Gasteiger partial charge in [-0.15, -0.1) is 0 Å². The normalized spacial score (nSPS) is 12.8. The van der Waals surface area contributed by atoms with E-state index < -0.39 is 15.6 Å². The number of fused-ring (bicyclic) bond motifs is 1. The summed E-state index contributed by atoms with van der Waals surface area (Å²) in [5.74, 6) is 1.01. The van der Waals surface area contributed by atoms with Gasteiger partial charge in [-0.3, -0.25) is 0 Å². The Bertz CT molecular complexity index is 770. The molecule has 21 heavy (non-hydrogen) atoms. The third kappa shape index (κ3) is 3.80. The Labute approximate surface area is 128 Å². The molecular weight excluding hydrogens is 316 g/mol. The summed E-state index contributed by atoms with van der Waals surface area (Å²) in [7, 11) is -3.30. The van der Waals surface area contributed by atoms with Crippen LogP contribution in [0.1, 0.15) is 19.4 Å². The van der Waals surface area contributed by atoms with Gasteiger partial charge in [0.2, 0.25) is 10.0 Å². The molecule has 2 heterocycles. The van der Waals surface area contributed by atoms with Crippen molar-refractivity contribution in [2.24, 2.45) is 0 Å². The molecule has 10 heteroatoms. The van der Waals surface area contributed by atoms with Gasteiger partial charge in [0.25, 0.3) is 5.78 Å². The van der Waals surface area contributed by atoms with Gasteiger partial charge < -0.3 is 5.32 Å². The van der Waals surface area contributed by atoms with Crippen LogP contribution in [-0.2, 0) is 10.0 Å². The van der Waals surface area contributed by atoms with Gasteiger partial charge in [-0.2, -0.15) is 19.6 Å². The fourth-order valence-corrected chi connectivity index (χ4v) is 3.19. The van der Waals surface area contributed by atoms with E-state index in [1.54, 1.807) is 20.8 Å². The van der Waals surface area contributed by atoms with Crippen LogP contribution in [0.15, 0.2) is 6.33 Å². The summed E-state index contributed by atoms with van der Waals surface area (Å²) in [6.45, 7) is 5.70. The van der Waals surface area contributed by atoms with Crippen LogP contribution in [0.5, 0.6) is 0 Å². The zero-order valence-electron chi connectivity index (χ0n) is 12.2. The lowest BCUT2D eigenvalue weighted by atomic mass is 10.1. The smallest absolute Gasteiger partial charge is 0.255 e. The number of hydrogen-bond donors (Lipinski definition) is 2. The lowest BCUT2D eigenvalue weighted by molar-refractivity contribution is 0.475. The highest BCUT2D eigenvalue weighted by atomic mass is 35.5. The minimum absolute atomic E-state index is 0.326. The SMILES string of the molecule is Cc1c(Cl)nc2ncnn2c1NCC(C)(C)NS(C)(=O)=O. The highest BCUT2D eigenvalue weighted by molar-refractivity contribution is 7.88. The molecule has 0 spiro atoms. The van der Waals surface area contributed by atoms with Crippen LogP contribution in [0.3, 0.4) is 0 Å². The summed E-state index contributed by atoms with van der Waals surface area (Å²) in [5, 5.41) is 7.56. The summed E-state index contributed by atoms with van der Waals surface area (Å²) in [6.07, 6.45) is 2.50. The zero-order chi connectivity index (χ0) is 15.8. The molecule has 0 radical (unpaired) electrons. The lowest BCUT2D eigenvalue weighted by Crippen LogP contribution is -2.48. The summed E-state index contributed by atoms with van der Waals surface area (Å²) < 4.78 is 26.8. The predicted molar refractivity (Wildman–Crippen MR) is 81.1 cm³/mol. The topological polar surface area (TPSA) is 101 Å². The molecule has 0 unspecified atom stereocenters. The molecule has 0 aliphatic heterocycles. The number of sulfonamides is 1. The van der Waals surface area contributed by atoms with Crippen LogP contribution in [0, 0.1) is 6.92 Å². The third-order valence-corrected chi connectivity index (χ3v) is 4.06. The first-order chi connectivity index (χ1) is 9.59. The maximum Gasteiger partial charge on any atom is 0.255 e. The lowest BCUT2D eigenvalue weighted by Gasteiger charge is -2.26. The van der Waals surface area contributed by atoms with E-state index in [0.717, 1.165) is 6.26 Å². The van der Waals surface area contributed by atoms with E-state index in [1.165, 1.54) is 10.8 Å². The Balaban J connectivity index is 2.28. The van der Waals surface area contributed by atoms with Crippen molar-refractivity contribution in [1.29, 1.82) is 0 Å². The van der Waals surface area contributed by atoms with E-state index in [-0.39, 0.29) is 0 Å². The molecule has 2 N–H and O–H groups in total. The molecule has 0 bridgehead atoms. The van der Waals surface area contributed by atoms with E-state index in [1.807, 2.05) is 0 Å². The Morgan fingerprint density at radius 3 is 2.71 bits per heavy atom. The van der Waals surface area contributed by atoms with Gasteiger partial charge >= 0.3 is 0 Å². The molecule has 0 aliphatic rings. The van der Waals surface area contributed by atoms with Gasteiger partial charge in [-0.05, 0) is 20.8 Å². The van der Waals surface area contributed by atoms with Crippen molar-refractivity contribution in [1.82, 2.24) is 24.3 Å². The molecule has 2 aromatic rings. The van der Waals surface area contributed by atoms with Crippen LogP contribution < -0.4 is 10.0 Å². The molecule has 116 valence electrons. The third-order valence-electron chi connectivity index (χ3n) is 2.76. The minimum atomic E-state index is -3.30. The zero-order valence-corrected chi connectivity index (χ0v) is 13.7. The van der Waals surface area contributed by atoms with Crippen molar-refractivity contribution in [3.8, 4) is 0 Å². The van der Waals surface area contributed by atoms with Crippen molar-refractivity contribution >= 4 is 33.2 Å². The average Bonchev–Trinajstić information content (AvgIpc) is 2.73. The van der Waals surface area contributed by atoms with Gasteiger partial charge in [-0.1, -0.05) is 11.6 Å².